The maximum atomic E-state index is 5.51. The minimum absolute atomic E-state index is 0.845. The summed E-state index contributed by atoms with van der Waals surface area (Å²) >= 11 is 0. The highest BCUT2D eigenvalue weighted by atomic mass is 15.0. The van der Waals surface area contributed by atoms with Crippen LogP contribution in [0, 0.1) is 0 Å². The first-order valence-corrected chi connectivity index (χ1v) is 15.8. The Morgan fingerprint density at radius 1 is 0.609 bits per heavy atom. The fraction of sp³-hybridized carbons (Fsp3) is 0.0455. The molecule has 2 heteroatoms. The zero-order valence-corrected chi connectivity index (χ0v) is 26.0. The van der Waals surface area contributed by atoms with E-state index in [9.17, 15) is 0 Å². The van der Waals surface area contributed by atoms with E-state index in [0.717, 1.165) is 12.1 Å². The van der Waals surface area contributed by atoms with Crippen LogP contribution < -0.4 is 5.73 Å². The fourth-order valence-electron chi connectivity index (χ4n) is 6.40. The van der Waals surface area contributed by atoms with E-state index in [-0.39, 0.29) is 0 Å². The molecule has 1 aromatic heterocycles. The van der Waals surface area contributed by atoms with Crippen LogP contribution >= 0.6 is 0 Å². The van der Waals surface area contributed by atoms with Gasteiger partial charge < -0.3 is 10.3 Å². The van der Waals surface area contributed by atoms with Crippen LogP contribution in [0.1, 0.15) is 18.1 Å². The van der Waals surface area contributed by atoms with Crippen molar-refractivity contribution in [1.29, 1.82) is 0 Å². The Bertz CT molecular complexity index is 2280. The summed E-state index contributed by atoms with van der Waals surface area (Å²) in [5.74, 6) is 0. The number of aromatic nitrogens is 1. The van der Waals surface area contributed by atoms with Gasteiger partial charge in [-0.15, -0.1) is 0 Å². The molecule has 0 aliphatic rings. The van der Waals surface area contributed by atoms with Crippen molar-refractivity contribution in [3.8, 4) is 27.9 Å². The van der Waals surface area contributed by atoms with Crippen molar-refractivity contribution >= 4 is 38.7 Å². The quantitative estimate of drug-likeness (QED) is 0.175. The summed E-state index contributed by atoms with van der Waals surface area (Å²) in [6.45, 7) is 2.03. The summed E-state index contributed by atoms with van der Waals surface area (Å²) in [6, 6.07) is 46.5. The number of benzene rings is 6. The van der Waals surface area contributed by atoms with E-state index in [1.807, 2.05) is 25.2 Å². The SMILES string of the molecule is C/C=C\C=C/c1ccccc1-c1ccc(-c2ccc3c(ccc4c5ccc(C/C=C\C=C/N)cc5n(-c5ccccc5)c34)c2)cc1. The van der Waals surface area contributed by atoms with Gasteiger partial charge in [0.2, 0.25) is 0 Å². The Labute approximate surface area is 270 Å². The monoisotopic (exact) mass is 592 g/mol. The third-order valence-corrected chi connectivity index (χ3v) is 8.60. The number of hydrogen-bond acceptors (Lipinski definition) is 1. The summed E-state index contributed by atoms with van der Waals surface area (Å²) in [5.41, 5.74) is 16.5. The summed E-state index contributed by atoms with van der Waals surface area (Å²) in [7, 11) is 0. The Morgan fingerprint density at radius 2 is 1.35 bits per heavy atom. The molecule has 1 heterocycles. The maximum Gasteiger partial charge on any atom is 0.0619 e. The molecule has 2 nitrogen and oxygen atoms in total. The normalized spacial score (nSPS) is 12.3. The van der Waals surface area contributed by atoms with Crippen LogP contribution in [0.25, 0.3) is 66.6 Å². The molecule has 6 aromatic carbocycles. The minimum Gasteiger partial charge on any atom is -0.405 e. The van der Waals surface area contributed by atoms with Gasteiger partial charge >= 0.3 is 0 Å². The molecular weight excluding hydrogens is 556 g/mol. The number of rotatable bonds is 8. The third-order valence-electron chi connectivity index (χ3n) is 8.60. The van der Waals surface area contributed by atoms with Crippen LogP contribution in [-0.4, -0.2) is 4.57 Å². The molecular formula is C44H36N2. The lowest BCUT2D eigenvalue weighted by Gasteiger charge is -2.12. The summed E-state index contributed by atoms with van der Waals surface area (Å²) in [5, 5.41) is 4.99. The van der Waals surface area contributed by atoms with Crippen molar-refractivity contribution in [2.45, 2.75) is 13.3 Å². The van der Waals surface area contributed by atoms with Crippen molar-refractivity contribution < 1.29 is 0 Å². The molecule has 0 saturated heterocycles. The highest BCUT2D eigenvalue weighted by molar-refractivity contribution is 6.19. The molecule has 2 N–H and O–H groups in total. The maximum absolute atomic E-state index is 5.51. The Morgan fingerprint density at radius 3 is 2.17 bits per heavy atom. The number of nitrogens with zero attached hydrogens (tertiary/aromatic N) is 1. The molecule has 0 atom stereocenters. The fourth-order valence-corrected chi connectivity index (χ4v) is 6.40. The Hall–Kier alpha value is -5.86. The lowest BCUT2D eigenvalue weighted by molar-refractivity contribution is 1.18. The van der Waals surface area contributed by atoms with Crippen LogP contribution in [0.5, 0.6) is 0 Å². The zero-order valence-electron chi connectivity index (χ0n) is 26.0. The van der Waals surface area contributed by atoms with E-state index in [2.05, 4.69) is 156 Å². The van der Waals surface area contributed by atoms with E-state index < -0.39 is 0 Å². The highest BCUT2D eigenvalue weighted by Crippen LogP contribution is 2.38. The van der Waals surface area contributed by atoms with Gasteiger partial charge in [-0.2, -0.15) is 0 Å². The van der Waals surface area contributed by atoms with Gasteiger partial charge in [0.1, 0.15) is 0 Å². The predicted octanol–water partition coefficient (Wildman–Crippen LogP) is 11.4. The highest BCUT2D eigenvalue weighted by Gasteiger charge is 2.16. The van der Waals surface area contributed by atoms with Crippen LogP contribution in [0.2, 0.25) is 0 Å². The lowest BCUT2D eigenvalue weighted by atomic mass is 9.95. The molecule has 0 bridgehead atoms. The molecule has 0 aliphatic carbocycles. The lowest BCUT2D eigenvalue weighted by Crippen LogP contribution is -1.95. The molecule has 0 spiro atoms. The molecule has 0 saturated carbocycles. The van der Waals surface area contributed by atoms with Crippen molar-refractivity contribution in [3.63, 3.8) is 0 Å². The van der Waals surface area contributed by atoms with Gasteiger partial charge in [-0.3, -0.25) is 0 Å². The number of hydrogen-bond donors (Lipinski definition) is 1. The standard InChI is InChI=1S/C44H36N2/c1-2-3-6-14-34-15-10-11-18-39(34)35-22-20-33(21-23-35)36-24-27-40-37(31-36)25-28-42-41-26-19-32(13-7-5-12-29-45)30-43(41)46(44(40)42)38-16-8-4-9-17-38/h2-12,14-31H,13,45H2,1H3/b3-2-,7-5-,14-6-,29-12-. The van der Waals surface area contributed by atoms with Crippen LogP contribution in [0.15, 0.2) is 170 Å². The molecule has 0 amide bonds. The molecule has 0 unspecified atom stereocenters. The van der Waals surface area contributed by atoms with Crippen LogP contribution in [0.3, 0.4) is 0 Å². The van der Waals surface area contributed by atoms with Crippen LogP contribution in [-0.2, 0) is 6.42 Å². The first kappa shape index (κ1) is 28.9. The largest absolute Gasteiger partial charge is 0.405 e. The average molecular weight is 593 g/mol. The van der Waals surface area contributed by atoms with E-state index in [0.29, 0.717) is 0 Å². The van der Waals surface area contributed by atoms with Crippen LogP contribution in [0.4, 0.5) is 0 Å². The number of fused-ring (bicyclic) bond motifs is 5. The van der Waals surface area contributed by atoms with Crippen molar-refractivity contribution in [2.75, 3.05) is 0 Å². The predicted molar refractivity (Wildman–Crippen MR) is 199 cm³/mol. The van der Waals surface area contributed by atoms with E-state index in [1.54, 1.807) is 6.20 Å². The number of nitrogens with two attached hydrogens (primary N) is 1. The smallest absolute Gasteiger partial charge is 0.0619 e. The van der Waals surface area contributed by atoms with E-state index in [4.69, 9.17) is 5.73 Å². The topological polar surface area (TPSA) is 30.9 Å². The van der Waals surface area contributed by atoms with E-state index >= 15 is 0 Å². The second kappa shape index (κ2) is 13.0. The molecule has 0 fully saturated rings. The Kier molecular flexibility index (Phi) is 8.17. The average Bonchev–Trinajstić information content (AvgIpc) is 3.45. The van der Waals surface area contributed by atoms with Crippen molar-refractivity contribution in [1.82, 2.24) is 4.57 Å². The summed E-state index contributed by atoms with van der Waals surface area (Å²) < 4.78 is 2.43. The molecule has 0 aliphatic heterocycles. The molecule has 7 rings (SSSR count). The summed E-state index contributed by atoms with van der Waals surface area (Å²) in [6.07, 6.45) is 16.8. The number of para-hydroxylation sites is 1. The third kappa shape index (κ3) is 5.58. The zero-order chi connectivity index (χ0) is 31.3. The molecule has 46 heavy (non-hydrogen) atoms. The molecule has 222 valence electrons. The van der Waals surface area contributed by atoms with Crippen molar-refractivity contribution in [2.24, 2.45) is 5.73 Å². The Balaban J connectivity index is 1.32. The van der Waals surface area contributed by atoms with Gasteiger partial charge in [0, 0.05) is 21.8 Å². The van der Waals surface area contributed by atoms with Gasteiger partial charge in [-0.1, -0.05) is 140 Å². The number of allylic oxidation sites excluding steroid dienone is 6. The summed E-state index contributed by atoms with van der Waals surface area (Å²) in [4.78, 5) is 0. The van der Waals surface area contributed by atoms with Gasteiger partial charge in [-0.05, 0) is 88.7 Å². The second-order valence-corrected chi connectivity index (χ2v) is 11.5. The van der Waals surface area contributed by atoms with Gasteiger partial charge in [0.05, 0.1) is 11.0 Å². The van der Waals surface area contributed by atoms with Gasteiger partial charge in [-0.25, -0.2) is 0 Å². The first-order chi connectivity index (χ1) is 22.7. The molecule has 0 radical (unpaired) electrons. The second-order valence-electron chi connectivity index (χ2n) is 11.5. The first-order valence-electron chi connectivity index (χ1n) is 15.8. The van der Waals surface area contributed by atoms with Crippen molar-refractivity contribution in [3.05, 3.63) is 181 Å². The van der Waals surface area contributed by atoms with E-state index in [1.165, 1.54) is 66.0 Å². The van der Waals surface area contributed by atoms with Gasteiger partial charge in [0.25, 0.3) is 0 Å². The van der Waals surface area contributed by atoms with Gasteiger partial charge in [0.15, 0.2) is 0 Å². The minimum atomic E-state index is 0.845. The molecule has 7 aromatic rings.